The van der Waals surface area contributed by atoms with Gasteiger partial charge >= 0.3 is 6.09 Å². The molecular formula is C32H37N3O6. The number of carbonyl (C=O) groups is 3. The molecule has 1 aliphatic rings. The predicted molar refractivity (Wildman–Crippen MR) is 155 cm³/mol. The van der Waals surface area contributed by atoms with E-state index in [1.54, 1.807) is 56.0 Å². The molecule has 3 aromatic carbocycles. The number of carbonyl (C=O) groups excluding carboxylic acids is 3. The summed E-state index contributed by atoms with van der Waals surface area (Å²) in [6.45, 7) is 7.08. The summed E-state index contributed by atoms with van der Waals surface area (Å²) in [7, 11) is 0. The van der Waals surface area contributed by atoms with E-state index in [0.717, 1.165) is 5.56 Å². The molecule has 0 aliphatic heterocycles. The largest absolute Gasteiger partial charge is 0.508 e. The van der Waals surface area contributed by atoms with Crippen LogP contribution in [0.3, 0.4) is 0 Å². The molecule has 0 spiro atoms. The molecule has 0 aromatic heterocycles. The summed E-state index contributed by atoms with van der Waals surface area (Å²) in [6.07, 6.45) is 0.770. The van der Waals surface area contributed by atoms with Crippen molar-refractivity contribution in [2.24, 2.45) is 0 Å². The minimum absolute atomic E-state index is 0.0351. The Bertz CT molecular complexity index is 1380. The van der Waals surface area contributed by atoms with Crippen LogP contribution in [0.15, 0.2) is 72.8 Å². The van der Waals surface area contributed by atoms with E-state index in [1.165, 1.54) is 24.3 Å². The fraction of sp³-hybridized carbons (Fsp3) is 0.344. The van der Waals surface area contributed by atoms with E-state index in [2.05, 4.69) is 10.6 Å². The lowest BCUT2D eigenvalue weighted by atomic mass is 9.99. The monoisotopic (exact) mass is 559 g/mol. The maximum absolute atomic E-state index is 14.4. The van der Waals surface area contributed by atoms with Crippen LogP contribution in [0.2, 0.25) is 0 Å². The second-order valence-electron chi connectivity index (χ2n) is 11.3. The molecule has 1 fully saturated rings. The molecule has 216 valence electrons. The molecule has 0 saturated heterocycles. The van der Waals surface area contributed by atoms with E-state index < -0.39 is 35.6 Å². The molecule has 9 heteroatoms. The molecule has 0 bridgehead atoms. The Morgan fingerprint density at radius 2 is 1.51 bits per heavy atom. The Hall–Kier alpha value is -4.53. The van der Waals surface area contributed by atoms with Gasteiger partial charge in [0.2, 0.25) is 5.91 Å². The Morgan fingerprint density at radius 1 is 0.927 bits per heavy atom. The van der Waals surface area contributed by atoms with Crippen LogP contribution in [0.5, 0.6) is 11.5 Å². The zero-order valence-corrected chi connectivity index (χ0v) is 23.8. The first-order chi connectivity index (χ1) is 19.4. The predicted octanol–water partition coefficient (Wildman–Crippen LogP) is 5.21. The van der Waals surface area contributed by atoms with Gasteiger partial charge in [-0.05, 0) is 87.6 Å². The average molecular weight is 560 g/mol. The van der Waals surface area contributed by atoms with Crippen molar-refractivity contribution in [1.82, 2.24) is 10.2 Å². The zero-order valence-electron chi connectivity index (χ0n) is 23.8. The lowest BCUT2D eigenvalue weighted by Crippen LogP contribution is -2.54. The maximum Gasteiger partial charge on any atom is 0.408 e. The van der Waals surface area contributed by atoms with E-state index in [1.807, 2.05) is 25.1 Å². The Labute approximate surface area is 240 Å². The van der Waals surface area contributed by atoms with Gasteiger partial charge in [0.15, 0.2) is 0 Å². The van der Waals surface area contributed by atoms with Gasteiger partial charge in [-0.15, -0.1) is 0 Å². The summed E-state index contributed by atoms with van der Waals surface area (Å²) in [5, 5.41) is 25.4. The average Bonchev–Trinajstić information content (AvgIpc) is 3.74. The van der Waals surface area contributed by atoms with Crippen LogP contribution in [0.4, 0.5) is 10.5 Å². The van der Waals surface area contributed by atoms with Crippen molar-refractivity contribution in [1.29, 1.82) is 0 Å². The number of hydrogen-bond acceptors (Lipinski definition) is 6. The maximum atomic E-state index is 14.4. The number of phenols is 2. The summed E-state index contributed by atoms with van der Waals surface area (Å²) in [5.41, 5.74) is 1.94. The highest BCUT2D eigenvalue weighted by molar-refractivity contribution is 5.99. The van der Waals surface area contributed by atoms with Crippen LogP contribution in [0, 0.1) is 6.92 Å². The van der Waals surface area contributed by atoms with Gasteiger partial charge in [-0.25, -0.2) is 4.79 Å². The molecular weight excluding hydrogens is 522 g/mol. The van der Waals surface area contributed by atoms with E-state index >= 15 is 0 Å². The molecule has 2 unspecified atom stereocenters. The van der Waals surface area contributed by atoms with Crippen molar-refractivity contribution in [3.8, 4) is 11.5 Å². The van der Waals surface area contributed by atoms with E-state index in [4.69, 9.17) is 4.74 Å². The molecule has 0 radical (unpaired) electrons. The molecule has 1 aliphatic carbocycles. The Morgan fingerprint density at radius 3 is 2.07 bits per heavy atom. The number of anilines is 1. The van der Waals surface area contributed by atoms with Gasteiger partial charge in [-0.2, -0.15) is 0 Å². The van der Waals surface area contributed by atoms with Crippen LogP contribution in [0.1, 0.15) is 56.3 Å². The number of aryl methyl sites for hydroxylation is 1. The first kappa shape index (κ1) is 29.5. The van der Waals surface area contributed by atoms with Crippen LogP contribution in [0.25, 0.3) is 0 Å². The Kier molecular flexibility index (Phi) is 8.86. The van der Waals surface area contributed by atoms with E-state index in [0.29, 0.717) is 29.7 Å². The number of hydrogen-bond donors (Lipinski definition) is 4. The van der Waals surface area contributed by atoms with Gasteiger partial charge in [-0.1, -0.05) is 42.5 Å². The normalized spacial score (nSPS) is 14.4. The molecule has 9 nitrogen and oxygen atoms in total. The van der Waals surface area contributed by atoms with Gasteiger partial charge in [-0.3, -0.25) is 9.59 Å². The molecule has 41 heavy (non-hydrogen) atoms. The summed E-state index contributed by atoms with van der Waals surface area (Å²) >= 11 is 0. The second-order valence-corrected chi connectivity index (χ2v) is 11.3. The SMILES string of the molecule is Cc1ccccc1NC(=O)C(c1ccc(O)cc1)N(C(=O)C(Cc1ccc(O)cc1)NC(=O)OC(C)(C)C)C1CC1. The molecule has 3 amide bonds. The van der Waals surface area contributed by atoms with Crippen LogP contribution < -0.4 is 10.6 Å². The van der Waals surface area contributed by atoms with Gasteiger partial charge in [0.1, 0.15) is 29.2 Å². The lowest BCUT2D eigenvalue weighted by Gasteiger charge is -2.35. The minimum atomic E-state index is -1.05. The first-order valence-corrected chi connectivity index (χ1v) is 13.7. The molecule has 1 saturated carbocycles. The number of aromatic hydroxyl groups is 2. The molecule has 3 aromatic rings. The highest BCUT2D eigenvalue weighted by atomic mass is 16.6. The number of para-hydroxylation sites is 1. The number of benzene rings is 3. The van der Waals surface area contributed by atoms with E-state index in [-0.39, 0.29) is 24.0 Å². The zero-order chi connectivity index (χ0) is 29.7. The molecule has 4 rings (SSSR count). The number of nitrogens with one attached hydrogen (secondary N) is 2. The molecule has 0 heterocycles. The van der Waals surface area contributed by atoms with Crippen molar-refractivity contribution < 1.29 is 29.3 Å². The summed E-state index contributed by atoms with van der Waals surface area (Å²) in [6, 6.07) is 17.6. The Balaban J connectivity index is 1.72. The third kappa shape index (κ3) is 8.00. The van der Waals surface area contributed by atoms with Crippen LogP contribution in [-0.2, 0) is 20.7 Å². The van der Waals surface area contributed by atoms with Crippen LogP contribution in [-0.4, -0.2) is 50.7 Å². The topological polar surface area (TPSA) is 128 Å². The number of alkyl carbamates (subject to hydrolysis) is 1. The number of amides is 3. The van der Waals surface area contributed by atoms with Crippen molar-refractivity contribution in [2.45, 2.75) is 70.7 Å². The van der Waals surface area contributed by atoms with Gasteiger partial charge in [0.05, 0.1) is 0 Å². The fourth-order valence-corrected chi connectivity index (χ4v) is 4.58. The smallest absolute Gasteiger partial charge is 0.408 e. The third-order valence-corrected chi connectivity index (χ3v) is 6.70. The quantitative estimate of drug-likeness (QED) is 0.285. The third-order valence-electron chi connectivity index (χ3n) is 6.70. The number of phenolic OH excluding ortho intramolecular Hbond substituents is 2. The van der Waals surface area contributed by atoms with E-state index in [9.17, 15) is 24.6 Å². The van der Waals surface area contributed by atoms with Gasteiger partial charge in [0, 0.05) is 18.2 Å². The van der Waals surface area contributed by atoms with Crippen LogP contribution >= 0.6 is 0 Å². The second kappa shape index (κ2) is 12.3. The fourth-order valence-electron chi connectivity index (χ4n) is 4.58. The molecule has 4 N–H and O–H groups in total. The first-order valence-electron chi connectivity index (χ1n) is 13.7. The summed E-state index contributed by atoms with van der Waals surface area (Å²) in [4.78, 5) is 42.7. The highest BCUT2D eigenvalue weighted by Gasteiger charge is 2.44. The van der Waals surface area contributed by atoms with Crippen molar-refractivity contribution in [3.63, 3.8) is 0 Å². The minimum Gasteiger partial charge on any atom is -0.508 e. The summed E-state index contributed by atoms with van der Waals surface area (Å²) < 4.78 is 5.46. The van der Waals surface area contributed by atoms with Gasteiger partial charge < -0.3 is 30.5 Å². The number of ether oxygens (including phenoxy) is 1. The standard InChI is InChI=1S/C32H37N3O6/c1-20-7-5-6-8-26(20)33-29(38)28(22-11-17-25(37)18-12-22)35(23-13-14-23)30(39)27(34-31(40)41-32(2,3)4)19-21-9-15-24(36)16-10-21/h5-12,15-18,23,27-28,36-37H,13-14,19H2,1-4H3,(H,33,38)(H,34,40). The van der Waals surface area contributed by atoms with Crippen molar-refractivity contribution in [3.05, 3.63) is 89.5 Å². The number of nitrogens with zero attached hydrogens (tertiary/aromatic N) is 1. The number of rotatable bonds is 9. The van der Waals surface area contributed by atoms with Crippen molar-refractivity contribution >= 4 is 23.6 Å². The molecule has 2 atom stereocenters. The van der Waals surface area contributed by atoms with Crippen molar-refractivity contribution in [2.75, 3.05) is 5.32 Å². The highest BCUT2D eigenvalue weighted by Crippen LogP contribution is 2.37. The summed E-state index contributed by atoms with van der Waals surface area (Å²) in [5.74, 6) is -0.736. The van der Waals surface area contributed by atoms with Gasteiger partial charge in [0.25, 0.3) is 5.91 Å². The lowest BCUT2D eigenvalue weighted by molar-refractivity contribution is -0.141.